The minimum atomic E-state index is -0.795. The second-order valence-corrected chi connectivity index (χ2v) is 6.89. The summed E-state index contributed by atoms with van der Waals surface area (Å²) in [6.45, 7) is 1.78. The first-order valence-corrected chi connectivity index (χ1v) is 9.05. The molecule has 0 saturated heterocycles. The number of fused-ring (bicyclic) bond motifs is 1. The number of anilines is 1. The number of nitrogens with one attached hydrogen (secondary N) is 2. The Morgan fingerprint density at radius 3 is 2.39 bits per heavy atom. The molecule has 1 aliphatic carbocycles. The van der Waals surface area contributed by atoms with Crippen molar-refractivity contribution in [3.63, 3.8) is 0 Å². The molecule has 2 unspecified atom stereocenters. The van der Waals surface area contributed by atoms with Crippen LogP contribution in [0.15, 0.2) is 48.5 Å². The predicted octanol–water partition coefficient (Wildman–Crippen LogP) is 1.90. The van der Waals surface area contributed by atoms with E-state index in [1.165, 1.54) is 11.8 Å². The van der Waals surface area contributed by atoms with E-state index in [-0.39, 0.29) is 5.91 Å². The fourth-order valence-electron chi connectivity index (χ4n) is 3.30. The van der Waals surface area contributed by atoms with Gasteiger partial charge in [-0.05, 0) is 22.8 Å². The van der Waals surface area contributed by atoms with Crippen molar-refractivity contribution in [1.29, 1.82) is 0 Å². The molecule has 0 bridgehead atoms. The van der Waals surface area contributed by atoms with E-state index < -0.39 is 24.0 Å². The molecule has 7 nitrogen and oxygen atoms in total. The smallest absolute Gasteiger partial charge is 0.313 e. The number of carbonyl (C=O) groups excluding carboxylic acids is 3. The topological polar surface area (TPSA) is 98.7 Å². The van der Waals surface area contributed by atoms with Gasteiger partial charge in [-0.3, -0.25) is 14.4 Å². The van der Waals surface area contributed by atoms with Crippen molar-refractivity contribution >= 4 is 23.4 Å². The molecule has 3 rings (SSSR count). The first kappa shape index (κ1) is 19.6. The maximum Gasteiger partial charge on any atom is 0.313 e. The molecule has 2 aromatic rings. The average molecular weight is 381 g/mol. The molecule has 28 heavy (non-hydrogen) atoms. The number of hydrogen-bond donors (Lipinski definition) is 3. The average Bonchev–Trinajstić information content (AvgIpc) is 2.99. The first-order chi connectivity index (χ1) is 13.4. The van der Waals surface area contributed by atoms with Crippen molar-refractivity contribution < 1.29 is 19.5 Å². The monoisotopic (exact) mass is 381 g/mol. The van der Waals surface area contributed by atoms with Gasteiger partial charge in [0.2, 0.25) is 5.91 Å². The van der Waals surface area contributed by atoms with Crippen LogP contribution in [0.25, 0.3) is 0 Å². The molecule has 3 N–H and O–H groups in total. The fourth-order valence-corrected chi connectivity index (χ4v) is 3.30. The fraction of sp³-hybridized carbons (Fsp3) is 0.286. The van der Waals surface area contributed by atoms with Crippen molar-refractivity contribution in [1.82, 2.24) is 10.2 Å². The van der Waals surface area contributed by atoms with Gasteiger partial charge >= 0.3 is 11.8 Å². The van der Waals surface area contributed by atoms with E-state index in [4.69, 9.17) is 0 Å². The van der Waals surface area contributed by atoms with E-state index in [1.54, 1.807) is 31.3 Å². The van der Waals surface area contributed by atoms with Crippen LogP contribution in [0.1, 0.15) is 42.2 Å². The Labute approximate surface area is 163 Å². The number of rotatable bonds is 4. The number of carbonyl (C=O) groups is 3. The van der Waals surface area contributed by atoms with Crippen LogP contribution in [-0.2, 0) is 20.9 Å². The van der Waals surface area contributed by atoms with Gasteiger partial charge in [0.05, 0.1) is 12.1 Å². The van der Waals surface area contributed by atoms with E-state index >= 15 is 0 Å². The van der Waals surface area contributed by atoms with Crippen molar-refractivity contribution in [2.24, 2.45) is 0 Å². The largest absolute Gasteiger partial charge is 0.388 e. The summed E-state index contributed by atoms with van der Waals surface area (Å²) in [5.41, 5.74) is 2.79. The van der Waals surface area contributed by atoms with Crippen LogP contribution in [-0.4, -0.2) is 34.8 Å². The molecule has 0 aromatic heterocycles. The second kappa shape index (κ2) is 8.22. The molecule has 2 aromatic carbocycles. The van der Waals surface area contributed by atoms with Crippen LogP contribution < -0.4 is 10.6 Å². The maximum atomic E-state index is 12.4. The van der Waals surface area contributed by atoms with Crippen LogP contribution in [0.4, 0.5) is 5.69 Å². The number of nitrogens with zero attached hydrogens (tertiary/aromatic N) is 1. The zero-order valence-corrected chi connectivity index (χ0v) is 15.8. The molecule has 146 valence electrons. The molecule has 7 heteroatoms. The zero-order chi connectivity index (χ0) is 20.3. The summed E-state index contributed by atoms with van der Waals surface area (Å²) >= 11 is 0. The van der Waals surface area contributed by atoms with Gasteiger partial charge in [-0.25, -0.2) is 0 Å². The van der Waals surface area contributed by atoms with E-state index in [0.717, 1.165) is 16.7 Å². The minimum absolute atomic E-state index is 0.0997. The lowest BCUT2D eigenvalue weighted by molar-refractivity contribution is -0.136. The standard InChI is InChI=1S/C21H23N3O4/c1-13(25)24(2)12-14-7-3-6-10-17(14)22-20(27)21(28)23-18-11-19(26)16-9-5-4-8-15(16)18/h3-10,18-19,26H,11-12H2,1-2H3,(H,22,27)(H,23,28). The molecule has 3 amide bonds. The van der Waals surface area contributed by atoms with E-state index in [2.05, 4.69) is 10.6 Å². The van der Waals surface area contributed by atoms with Crippen LogP contribution in [0, 0.1) is 0 Å². The molecule has 0 fully saturated rings. The van der Waals surface area contributed by atoms with Gasteiger partial charge in [0.15, 0.2) is 0 Å². The van der Waals surface area contributed by atoms with Gasteiger partial charge in [0, 0.05) is 32.6 Å². The van der Waals surface area contributed by atoms with E-state index in [1.807, 2.05) is 24.3 Å². The molecule has 2 atom stereocenters. The van der Waals surface area contributed by atoms with Crippen molar-refractivity contribution in [3.05, 3.63) is 65.2 Å². The number of amides is 3. The number of benzene rings is 2. The lowest BCUT2D eigenvalue weighted by Gasteiger charge is -2.18. The van der Waals surface area contributed by atoms with Gasteiger partial charge in [-0.15, -0.1) is 0 Å². The third kappa shape index (κ3) is 4.20. The summed E-state index contributed by atoms with van der Waals surface area (Å²) in [7, 11) is 1.66. The molecule has 0 radical (unpaired) electrons. The molecule has 0 saturated carbocycles. The summed E-state index contributed by atoms with van der Waals surface area (Å²) < 4.78 is 0. The second-order valence-electron chi connectivity index (χ2n) is 6.89. The first-order valence-electron chi connectivity index (χ1n) is 9.05. The van der Waals surface area contributed by atoms with E-state index in [9.17, 15) is 19.5 Å². The third-order valence-corrected chi connectivity index (χ3v) is 4.91. The highest BCUT2D eigenvalue weighted by atomic mass is 16.3. The van der Waals surface area contributed by atoms with Crippen molar-refractivity contribution in [2.75, 3.05) is 12.4 Å². The number of para-hydroxylation sites is 1. The lowest BCUT2D eigenvalue weighted by atomic mass is 10.1. The highest BCUT2D eigenvalue weighted by Gasteiger charge is 2.31. The Balaban J connectivity index is 1.68. The lowest BCUT2D eigenvalue weighted by Crippen LogP contribution is -2.37. The van der Waals surface area contributed by atoms with Gasteiger partial charge in [-0.2, -0.15) is 0 Å². The SMILES string of the molecule is CC(=O)N(C)Cc1ccccc1NC(=O)C(=O)NC1CC(O)c2ccccc21. The minimum Gasteiger partial charge on any atom is -0.388 e. The third-order valence-electron chi connectivity index (χ3n) is 4.91. The predicted molar refractivity (Wildman–Crippen MR) is 104 cm³/mol. The number of hydrogen-bond acceptors (Lipinski definition) is 4. The Hall–Kier alpha value is -3.19. The van der Waals surface area contributed by atoms with Crippen molar-refractivity contribution in [2.45, 2.75) is 32.0 Å². The highest BCUT2D eigenvalue weighted by molar-refractivity contribution is 6.39. The van der Waals surface area contributed by atoms with Gasteiger partial charge in [0.1, 0.15) is 0 Å². The molecule has 0 aliphatic heterocycles. The maximum absolute atomic E-state index is 12.4. The van der Waals surface area contributed by atoms with Gasteiger partial charge in [0.25, 0.3) is 0 Å². The highest BCUT2D eigenvalue weighted by Crippen LogP contribution is 2.38. The zero-order valence-electron chi connectivity index (χ0n) is 15.8. The molecule has 1 aliphatic rings. The summed E-state index contributed by atoms with van der Waals surface area (Å²) in [5.74, 6) is -1.67. The van der Waals surface area contributed by atoms with Crippen LogP contribution in [0.2, 0.25) is 0 Å². The van der Waals surface area contributed by atoms with E-state index in [0.29, 0.717) is 18.7 Å². The van der Waals surface area contributed by atoms with Crippen LogP contribution in [0.3, 0.4) is 0 Å². The molecule has 0 spiro atoms. The van der Waals surface area contributed by atoms with Gasteiger partial charge < -0.3 is 20.6 Å². The Bertz CT molecular complexity index is 912. The summed E-state index contributed by atoms with van der Waals surface area (Å²) in [6.07, 6.45) is -0.328. The quantitative estimate of drug-likeness (QED) is 0.705. The number of aliphatic hydroxyl groups excluding tert-OH is 1. The summed E-state index contributed by atoms with van der Waals surface area (Å²) in [5, 5.41) is 15.4. The van der Waals surface area contributed by atoms with Crippen LogP contribution >= 0.6 is 0 Å². The Kier molecular flexibility index (Phi) is 5.75. The Morgan fingerprint density at radius 2 is 1.68 bits per heavy atom. The van der Waals surface area contributed by atoms with Crippen LogP contribution in [0.5, 0.6) is 0 Å². The number of aliphatic hydroxyl groups is 1. The summed E-state index contributed by atoms with van der Waals surface area (Å²) in [4.78, 5) is 37.8. The van der Waals surface area contributed by atoms with Crippen molar-refractivity contribution in [3.8, 4) is 0 Å². The van der Waals surface area contributed by atoms with Gasteiger partial charge in [-0.1, -0.05) is 42.5 Å². The Morgan fingerprint density at radius 1 is 1.04 bits per heavy atom. The molecular weight excluding hydrogens is 358 g/mol. The molecular formula is C21H23N3O4. The normalized spacial score (nSPS) is 17.5. The molecule has 0 heterocycles. The summed E-state index contributed by atoms with van der Waals surface area (Å²) in [6, 6.07) is 13.9.